The Kier molecular flexibility index (Phi) is 6.55. The van der Waals surface area contributed by atoms with E-state index in [1.165, 1.54) is 11.8 Å². The van der Waals surface area contributed by atoms with E-state index in [0.717, 1.165) is 32.1 Å². The van der Waals surface area contributed by atoms with Crippen LogP contribution in [0.5, 0.6) is 0 Å². The van der Waals surface area contributed by atoms with E-state index in [2.05, 4.69) is 12.1 Å². The van der Waals surface area contributed by atoms with Gasteiger partial charge in [0, 0.05) is 13.1 Å². The topological polar surface area (TPSA) is 59.8 Å². The van der Waals surface area contributed by atoms with Crippen LogP contribution in [-0.4, -0.2) is 36.5 Å². The Morgan fingerprint density at radius 2 is 2.00 bits per heavy atom. The molecule has 3 rings (SSSR count). The van der Waals surface area contributed by atoms with Crippen LogP contribution in [-0.2, 0) is 16.0 Å². The summed E-state index contributed by atoms with van der Waals surface area (Å²) < 4.78 is 10.7. The average molecular weight is 383 g/mol. The predicted molar refractivity (Wildman–Crippen MR) is 107 cm³/mol. The molecule has 0 saturated carbocycles. The number of esters is 1. The molecular weight excluding hydrogens is 354 g/mol. The molecule has 1 aliphatic rings. The van der Waals surface area contributed by atoms with E-state index in [1.54, 1.807) is 17.9 Å². The lowest BCUT2D eigenvalue weighted by Crippen LogP contribution is -2.50. The molecule has 5 heteroatoms. The molecular formula is C23H29NO4. The second-order valence-electron chi connectivity index (χ2n) is 7.56. The van der Waals surface area contributed by atoms with Crippen LogP contribution < -0.4 is 0 Å². The molecule has 0 spiro atoms. The number of piperidine rings is 1. The zero-order valence-electron chi connectivity index (χ0n) is 16.8. The number of carbonyl (C=O) groups excluding carboxylic acids is 2. The molecule has 0 radical (unpaired) electrons. The van der Waals surface area contributed by atoms with Gasteiger partial charge in [0.2, 0.25) is 0 Å². The fourth-order valence-corrected chi connectivity index (χ4v) is 4.11. The van der Waals surface area contributed by atoms with Crippen molar-refractivity contribution in [3.8, 4) is 0 Å². The average Bonchev–Trinajstić information content (AvgIpc) is 3.14. The van der Waals surface area contributed by atoms with E-state index in [0.29, 0.717) is 31.0 Å². The Bertz CT molecular complexity index is 798. The van der Waals surface area contributed by atoms with Crippen molar-refractivity contribution in [1.29, 1.82) is 0 Å². The molecule has 1 aromatic carbocycles. The molecule has 150 valence electrons. The smallest absolute Gasteiger partial charge is 0.313 e. The highest BCUT2D eigenvalue weighted by molar-refractivity contribution is 5.95. The second kappa shape index (κ2) is 9.09. The molecule has 1 atom stereocenters. The Morgan fingerprint density at radius 1 is 1.21 bits per heavy atom. The van der Waals surface area contributed by atoms with Gasteiger partial charge in [-0.25, -0.2) is 0 Å². The fourth-order valence-electron chi connectivity index (χ4n) is 4.11. The number of likely N-dealkylation sites (tertiary alicyclic amines) is 1. The largest absolute Gasteiger partial charge is 0.469 e. The molecule has 0 aliphatic carbocycles. The molecule has 1 aromatic heterocycles. The van der Waals surface area contributed by atoms with E-state index < -0.39 is 5.41 Å². The lowest BCUT2D eigenvalue weighted by atomic mass is 9.75. The zero-order chi connectivity index (χ0) is 20.0. The number of furan rings is 1. The minimum atomic E-state index is -0.629. The highest BCUT2D eigenvalue weighted by atomic mass is 16.5. The van der Waals surface area contributed by atoms with Crippen LogP contribution in [0.1, 0.15) is 54.3 Å². The van der Waals surface area contributed by atoms with Gasteiger partial charge in [-0.3, -0.25) is 9.59 Å². The molecule has 2 heterocycles. The highest BCUT2D eigenvalue weighted by Gasteiger charge is 2.44. The lowest BCUT2D eigenvalue weighted by molar-refractivity contribution is -0.159. The van der Waals surface area contributed by atoms with Gasteiger partial charge in [0.1, 0.15) is 5.76 Å². The minimum absolute atomic E-state index is 0.0670. The maximum Gasteiger partial charge on any atom is 0.313 e. The van der Waals surface area contributed by atoms with Crippen molar-refractivity contribution >= 4 is 11.9 Å². The third-order valence-corrected chi connectivity index (χ3v) is 5.63. The van der Waals surface area contributed by atoms with Gasteiger partial charge in [-0.1, -0.05) is 30.3 Å². The molecule has 1 aliphatic heterocycles. The van der Waals surface area contributed by atoms with E-state index >= 15 is 0 Å². The molecule has 28 heavy (non-hydrogen) atoms. The quantitative estimate of drug-likeness (QED) is 0.665. The van der Waals surface area contributed by atoms with Crippen LogP contribution >= 0.6 is 0 Å². The number of nitrogens with zero attached hydrogens (tertiary/aromatic N) is 1. The first kappa shape index (κ1) is 20.2. The van der Waals surface area contributed by atoms with Crippen LogP contribution in [0, 0.1) is 12.3 Å². The van der Waals surface area contributed by atoms with Gasteiger partial charge in [-0.2, -0.15) is 0 Å². The first-order valence-corrected chi connectivity index (χ1v) is 10.1. The zero-order valence-corrected chi connectivity index (χ0v) is 16.8. The predicted octanol–water partition coefficient (Wildman–Crippen LogP) is 4.40. The van der Waals surface area contributed by atoms with Gasteiger partial charge in [0.15, 0.2) is 0 Å². The summed E-state index contributed by atoms with van der Waals surface area (Å²) in [5.74, 6) is 0.369. The van der Waals surface area contributed by atoms with Crippen LogP contribution in [0.25, 0.3) is 0 Å². The number of amides is 1. The van der Waals surface area contributed by atoms with Gasteiger partial charge >= 0.3 is 5.97 Å². The van der Waals surface area contributed by atoms with Crippen LogP contribution in [0.15, 0.2) is 47.1 Å². The van der Waals surface area contributed by atoms with Crippen LogP contribution in [0.2, 0.25) is 0 Å². The number of rotatable bonds is 7. The van der Waals surface area contributed by atoms with Gasteiger partial charge in [0.05, 0.1) is 23.8 Å². The third kappa shape index (κ3) is 4.46. The monoisotopic (exact) mass is 383 g/mol. The maximum absolute atomic E-state index is 13.0. The molecule has 0 bridgehead atoms. The van der Waals surface area contributed by atoms with Gasteiger partial charge in [-0.15, -0.1) is 0 Å². The lowest BCUT2D eigenvalue weighted by Gasteiger charge is -2.41. The summed E-state index contributed by atoms with van der Waals surface area (Å²) in [7, 11) is 0. The summed E-state index contributed by atoms with van der Waals surface area (Å²) in [6, 6.07) is 12.0. The number of hydrogen-bond donors (Lipinski definition) is 0. The first-order valence-electron chi connectivity index (χ1n) is 10.1. The molecule has 1 fully saturated rings. The first-order chi connectivity index (χ1) is 13.6. The van der Waals surface area contributed by atoms with Crippen molar-refractivity contribution in [1.82, 2.24) is 4.90 Å². The van der Waals surface area contributed by atoms with Crippen LogP contribution in [0.4, 0.5) is 0 Å². The molecule has 0 unspecified atom stereocenters. The van der Waals surface area contributed by atoms with Crippen molar-refractivity contribution in [2.45, 2.75) is 46.0 Å². The Labute approximate surface area is 166 Å². The summed E-state index contributed by atoms with van der Waals surface area (Å²) in [5.41, 5.74) is 1.21. The molecule has 1 amide bonds. The SMILES string of the molecule is CCOC(=O)[C@@]1(CCCc2ccccc2)CCCN(C(=O)c2ccoc2C)C1. The summed E-state index contributed by atoms with van der Waals surface area (Å²) in [5, 5.41) is 0. The number of ether oxygens (including phenoxy) is 1. The van der Waals surface area contributed by atoms with Crippen molar-refractivity contribution in [2.75, 3.05) is 19.7 Å². The second-order valence-corrected chi connectivity index (χ2v) is 7.56. The summed E-state index contributed by atoms with van der Waals surface area (Å²) >= 11 is 0. The Balaban J connectivity index is 1.73. The van der Waals surface area contributed by atoms with Gasteiger partial charge in [0.25, 0.3) is 5.91 Å². The third-order valence-electron chi connectivity index (χ3n) is 5.63. The van der Waals surface area contributed by atoms with E-state index in [-0.39, 0.29) is 11.9 Å². The number of benzene rings is 1. The van der Waals surface area contributed by atoms with Gasteiger partial charge < -0.3 is 14.1 Å². The van der Waals surface area contributed by atoms with Crippen molar-refractivity contribution in [3.63, 3.8) is 0 Å². The highest BCUT2D eigenvalue weighted by Crippen LogP contribution is 2.37. The Morgan fingerprint density at radius 3 is 2.68 bits per heavy atom. The molecule has 0 N–H and O–H groups in total. The van der Waals surface area contributed by atoms with E-state index in [4.69, 9.17) is 9.15 Å². The number of hydrogen-bond acceptors (Lipinski definition) is 4. The van der Waals surface area contributed by atoms with Crippen molar-refractivity contribution in [2.24, 2.45) is 5.41 Å². The summed E-state index contributed by atoms with van der Waals surface area (Å²) in [4.78, 5) is 27.7. The van der Waals surface area contributed by atoms with E-state index in [1.807, 2.05) is 25.1 Å². The number of carbonyl (C=O) groups is 2. The van der Waals surface area contributed by atoms with Crippen molar-refractivity contribution < 1.29 is 18.7 Å². The minimum Gasteiger partial charge on any atom is -0.469 e. The van der Waals surface area contributed by atoms with Crippen molar-refractivity contribution in [3.05, 3.63) is 59.5 Å². The summed E-state index contributed by atoms with van der Waals surface area (Å²) in [6.45, 7) is 5.03. The van der Waals surface area contributed by atoms with Crippen LogP contribution in [0.3, 0.4) is 0 Å². The van der Waals surface area contributed by atoms with E-state index in [9.17, 15) is 9.59 Å². The molecule has 2 aromatic rings. The molecule has 1 saturated heterocycles. The maximum atomic E-state index is 13.0. The normalized spacial score (nSPS) is 19.4. The van der Waals surface area contributed by atoms with Gasteiger partial charge in [-0.05, 0) is 57.6 Å². The standard InChI is InChI=1S/C23H29NO4/c1-3-27-22(26)23(13-7-11-19-9-5-4-6-10-19)14-8-15-24(17-23)21(25)20-12-16-28-18(20)2/h4-6,9-10,12,16H,3,7-8,11,13-15,17H2,1-2H3/t23-/m0/s1. The Hall–Kier alpha value is -2.56. The summed E-state index contributed by atoms with van der Waals surface area (Å²) in [6.07, 6.45) is 5.60. The molecule has 5 nitrogen and oxygen atoms in total. The fraction of sp³-hybridized carbons (Fsp3) is 0.478. The number of aryl methyl sites for hydroxylation is 2.